The molecule has 0 atom stereocenters. The van der Waals surface area contributed by atoms with E-state index in [1.165, 1.54) is 13.2 Å². The fourth-order valence-corrected chi connectivity index (χ4v) is 2.77. The average molecular weight is 318 g/mol. The third-order valence-corrected chi connectivity index (χ3v) is 3.87. The molecule has 0 aliphatic carbocycles. The van der Waals surface area contributed by atoms with Crippen molar-refractivity contribution in [3.05, 3.63) is 76.3 Å². The minimum absolute atomic E-state index is 0.149. The van der Waals surface area contributed by atoms with E-state index in [1.807, 2.05) is 36.4 Å². The van der Waals surface area contributed by atoms with E-state index in [9.17, 15) is 4.79 Å². The van der Waals surface area contributed by atoms with Gasteiger partial charge in [0.25, 0.3) is 0 Å². The summed E-state index contributed by atoms with van der Waals surface area (Å²) in [5.74, 6) is 0.952. The number of rotatable bonds is 3. The van der Waals surface area contributed by atoms with Gasteiger partial charge in [0, 0.05) is 12.1 Å². The number of hydrogen-bond donors (Lipinski definition) is 0. The SMILES string of the molecule is COc1c2ccoc2cc2oc(/C=C/c3ccccc3)cc(=O)c12. The highest BCUT2D eigenvalue weighted by Gasteiger charge is 2.15. The molecule has 0 saturated heterocycles. The highest BCUT2D eigenvalue weighted by molar-refractivity contribution is 6.01. The van der Waals surface area contributed by atoms with Gasteiger partial charge in [-0.1, -0.05) is 36.4 Å². The van der Waals surface area contributed by atoms with E-state index in [4.69, 9.17) is 13.6 Å². The molecule has 0 amide bonds. The fraction of sp³-hybridized carbons (Fsp3) is 0.0500. The zero-order chi connectivity index (χ0) is 16.5. The molecule has 0 N–H and O–H groups in total. The van der Waals surface area contributed by atoms with Crippen molar-refractivity contribution in [1.82, 2.24) is 0 Å². The van der Waals surface area contributed by atoms with Crippen LogP contribution in [-0.4, -0.2) is 7.11 Å². The van der Waals surface area contributed by atoms with E-state index < -0.39 is 0 Å². The van der Waals surface area contributed by atoms with Crippen LogP contribution >= 0.6 is 0 Å². The van der Waals surface area contributed by atoms with Gasteiger partial charge in [-0.2, -0.15) is 0 Å². The Morgan fingerprint density at radius 1 is 1.00 bits per heavy atom. The van der Waals surface area contributed by atoms with Crippen LogP contribution in [0.1, 0.15) is 11.3 Å². The molecule has 24 heavy (non-hydrogen) atoms. The second-order valence-corrected chi connectivity index (χ2v) is 5.37. The lowest BCUT2D eigenvalue weighted by atomic mass is 10.1. The first-order valence-electron chi connectivity index (χ1n) is 7.51. The topological polar surface area (TPSA) is 52.6 Å². The normalized spacial score (nSPS) is 11.5. The highest BCUT2D eigenvalue weighted by atomic mass is 16.5. The van der Waals surface area contributed by atoms with Gasteiger partial charge >= 0.3 is 0 Å². The number of methoxy groups -OCH3 is 1. The molecule has 0 saturated carbocycles. The summed E-state index contributed by atoms with van der Waals surface area (Å²) in [6, 6.07) is 14.8. The van der Waals surface area contributed by atoms with Crippen LogP contribution in [0, 0.1) is 0 Å². The summed E-state index contributed by atoms with van der Waals surface area (Å²) in [6.07, 6.45) is 5.23. The largest absolute Gasteiger partial charge is 0.495 e. The molecule has 0 unspecified atom stereocenters. The smallest absolute Gasteiger partial charge is 0.197 e. The second kappa shape index (κ2) is 5.74. The molecule has 2 aromatic carbocycles. The van der Waals surface area contributed by atoms with E-state index in [1.54, 1.807) is 24.5 Å². The maximum atomic E-state index is 12.6. The molecule has 0 aliphatic rings. The number of ether oxygens (including phenoxy) is 1. The molecule has 0 aliphatic heterocycles. The van der Waals surface area contributed by atoms with Crippen molar-refractivity contribution in [3.63, 3.8) is 0 Å². The van der Waals surface area contributed by atoms with Crippen LogP contribution in [0.4, 0.5) is 0 Å². The Labute approximate surface area is 137 Å². The van der Waals surface area contributed by atoms with Crippen molar-refractivity contribution >= 4 is 34.1 Å². The summed E-state index contributed by atoms with van der Waals surface area (Å²) < 4.78 is 16.7. The van der Waals surface area contributed by atoms with Crippen molar-refractivity contribution in [2.75, 3.05) is 7.11 Å². The van der Waals surface area contributed by atoms with Gasteiger partial charge in [0.15, 0.2) is 5.43 Å². The Bertz CT molecular complexity index is 1100. The maximum Gasteiger partial charge on any atom is 0.197 e. The van der Waals surface area contributed by atoms with Gasteiger partial charge in [-0.15, -0.1) is 0 Å². The monoisotopic (exact) mass is 318 g/mol. The number of benzene rings is 2. The van der Waals surface area contributed by atoms with Gasteiger partial charge in [0.2, 0.25) is 0 Å². The summed E-state index contributed by atoms with van der Waals surface area (Å²) >= 11 is 0. The molecule has 4 rings (SSSR count). The molecule has 4 heteroatoms. The average Bonchev–Trinajstić information content (AvgIpc) is 3.07. The Kier molecular flexibility index (Phi) is 3.43. The van der Waals surface area contributed by atoms with Gasteiger partial charge in [0.05, 0.1) is 18.8 Å². The van der Waals surface area contributed by atoms with E-state index in [2.05, 4.69) is 0 Å². The summed E-state index contributed by atoms with van der Waals surface area (Å²) in [7, 11) is 1.53. The first-order chi connectivity index (χ1) is 11.8. The summed E-state index contributed by atoms with van der Waals surface area (Å²) in [6.45, 7) is 0. The third-order valence-electron chi connectivity index (χ3n) is 3.87. The van der Waals surface area contributed by atoms with E-state index >= 15 is 0 Å². The van der Waals surface area contributed by atoms with Crippen molar-refractivity contribution in [2.24, 2.45) is 0 Å². The van der Waals surface area contributed by atoms with Crippen LogP contribution in [0.2, 0.25) is 0 Å². The van der Waals surface area contributed by atoms with Crippen LogP contribution < -0.4 is 10.2 Å². The Morgan fingerprint density at radius 3 is 2.62 bits per heavy atom. The van der Waals surface area contributed by atoms with Gasteiger partial charge in [-0.05, 0) is 17.7 Å². The minimum atomic E-state index is -0.149. The molecule has 0 fully saturated rings. The number of furan rings is 1. The molecule has 118 valence electrons. The van der Waals surface area contributed by atoms with Crippen molar-refractivity contribution in [2.45, 2.75) is 0 Å². The first kappa shape index (κ1) is 14.3. The van der Waals surface area contributed by atoms with E-state index in [0.717, 1.165) is 10.9 Å². The van der Waals surface area contributed by atoms with Crippen LogP contribution in [0.25, 0.3) is 34.1 Å². The molecular weight excluding hydrogens is 304 g/mol. The molecule has 4 aromatic rings. The molecule has 0 bridgehead atoms. The lowest BCUT2D eigenvalue weighted by molar-refractivity contribution is 0.423. The standard InChI is InChI=1S/C20H14O4/c1-22-20-15-9-10-23-17(15)12-18-19(20)16(21)11-14(24-18)8-7-13-5-3-2-4-6-13/h2-12H,1H3/b8-7+. The summed E-state index contributed by atoms with van der Waals surface area (Å²) in [4.78, 5) is 12.6. The van der Waals surface area contributed by atoms with Gasteiger partial charge in [-0.25, -0.2) is 0 Å². The Hall–Kier alpha value is -3.27. The molecule has 2 heterocycles. The lowest BCUT2D eigenvalue weighted by Crippen LogP contribution is -2.03. The number of fused-ring (bicyclic) bond motifs is 2. The summed E-state index contributed by atoms with van der Waals surface area (Å²) in [5.41, 5.74) is 1.93. The quantitative estimate of drug-likeness (QED) is 0.548. The molecule has 0 spiro atoms. The second-order valence-electron chi connectivity index (χ2n) is 5.37. The van der Waals surface area contributed by atoms with Gasteiger partial charge in [0.1, 0.15) is 28.1 Å². The molecular formula is C20H14O4. The third kappa shape index (κ3) is 2.38. The fourth-order valence-electron chi connectivity index (χ4n) is 2.77. The van der Waals surface area contributed by atoms with Crippen molar-refractivity contribution in [1.29, 1.82) is 0 Å². The van der Waals surface area contributed by atoms with Crippen molar-refractivity contribution in [3.8, 4) is 5.75 Å². The minimum Gasteiger partial charge on any atom is -0.495 e. The van der Waals surface area contributed by atoms with Crippen LogP contribution in [0.15, 0.2) is 68.4 Å². The Balaban J connectivity index is 1.89. The maximum absolute atomic E-state index is 12.6. The highest BCUT2D eigenvalue weighted by Crippen LogP contribution is 2.34. The lowest BCUT2D eigenvalue weighted by Gasteiger charge is -2.06. The Morgan fingerprint density at radius 2 is 1.83 bits per heavy atom. The van der Waals surface area contributed by atoms with Crippen LogP contribution in [0.5, 0.6) is 5.75 Å². The molecule has 2 aromatic heterocycles. The van der Waals surface area contributed by atoms with E-state index in [0.29, 0.717) is 28.1 Å². The molecule has 0 radical (unpaired) electrons. The summed E-state index contributed by atoms with van der Waals surface area (Å²) in [5, 5.41) is 1.17. The number of hydrogen-bond acceptors (Lipinski definition) is 4. The predicted molar refractivity (Wildman–Crippen MR) is 94.2 cm³/mol. The molecule has 4 nitrogen and oxygen atoms in total. The van der Waals surface area contributed by atoms with Crippen molar-refractivity contribution < 1.29 is 13.6 Å². The zero-order valence-corrected chi connectivity index (χ0v) is 13.0. The zero-order valence-electron chi connectivity index (χ0n) is 13.0. The van der Waals surface area contributed by atoms with E-state index in [-0.39, 0.29) is 5.43 Å². The van der Waals surface area contributed by atoms with Gasteiger partial charge < -0.3 is 13.6 Å². The predicted octanol–water partition coefficient (Wildman–Crippen LogP) is 4.72. The van der Waals surface area contributed by atoms with Gasteiger partial charge in [-0.3, -0.25) is 4.79 Å². The first-order valence-corrected chi connectivity index (χ1v) is 7.51. The van der Waals surface area contributed by atoms with Crippen LogP contribution in [0.3, 0.4) is 0 Å². The van der Waals surface area contributed by atoms with Crippen LogP contribution in [-0.2, 0) is 0 Å².